The van der Waals surface area contributed by atoms with Crippen molar-refractivity contribution in [2.75, 3.05) is 6.61 Å². The second kappa shape index (κ2) is 8.82. The number of halogens is 1. The maximum Gasteiger partial charge on any atom is 0.349 e. The van der Waals surface area contributed by atoms with Gasteiger partial charge in [-0.2, -0.15) is 0 Å². The molecular formula is C24H41BrN4O5Si2. The summed E-state index contributed by atoms with van der Waals surface area (Å²) >= 11 is 3.31. The number of rotatable bonds is 3. The van der Waals surface area contributed by atoms with Crippen LogP contribution in [0.3, 0.4) is 0 Å². The van der Waals surface area contributed by atoms with Crippen LogP contribution in [0.2, 0.25) is 28.2 Å². The van der Waals surface area contributed by atoms with Gasteiger partial charge in [0.2, 0.25) is 0 Å². The molecule has 202 valence electrons. The van der Waals surface area contributed by atoms with E-state index < -0.39 is 29.2 Å². The lowest BCUT2D eigenvalue weighted by atomic mass is 10.1. The van der Waals surface area contributed by atoms with Crippen molar-refractivity contribution in [1.82, 2.24) is 19.5 Å². The third kappa shape index (κ3) is 4.50. The molecule has 4 rings (SSSR count). The van der Waals surface area contributed by atoms with Gasteiger partial charge < -0.3 is 18.0 Å². The van der Waals surface area contributed by atoms with Gasteiger partial charge in [0.05, 0.1) is 12.9 Å². The summed E-state index contributed by atoms with van der Waals surface area (Å²) in [6.45, 7) is 24.8. The van der Waals surface area contributed by atoms with E-state index >= 15 is 0 Å². The lowest BCUT2D eigenvalue weighted by Crippen LogP contribution is -2.66. The van der Waals surface area contributed by atoms with Gasteiger partial charge in [-0.05, 0) is 34.1 Å². The Morgan fingerprint density at radius 1 is 1.14 bits per heavy atom. The zero-order chi connectivity index (χ0) is 27.1. The number of aromatic nitrogens is 4. The summed E-state index contributed by atoms with van der Waals surface area (Å²) in [6, 6.07) is 0. The van der Waals surface area contributed by atoms with E-state index in [1.165, 1.54) is 0 Å². The van der Waals surface area contributed by atoms with E-state index in [2.05, 4.69) is 106 Å². The van der Waals surface area contributed by atoms with Crippen molar-refractivity contribution in [1.29, 1.82) is 0 Å². The Bertz CT molecular complexity index is 1180. The van der Waals surface area contributed by atoms with Crippen LogP contribution in [0.4, 0.5) is 0 Å². The van der Waals surface area contributed by atoms with Gasteiger partial charge in [0.15, 0.2) is 30.4 Å². The van der Waals surface area contributed by atoms with Gasteiger partial charge in [-0.25, -0.2) is 9.97 Å². The molecule has 1 unspecified atom stereocenters. The van der Waals surface area contributed by atoms with Crippen molar-refractivity contribution in [3.8, 4) is 0 Å². The smallest absolute Gasteiger partial charge is 0.349 e. The van der Waals surface area contributed by atoms with E-state index in [1.54, 1.807) is 6.33 Å². The number of aromatic amines is 1. The minimum atomic E-state index is -2.77. The summed E-state index contributed by atoms with van der Waals surface area (Å²) in [5, 5.41) is -0.354. The zero-order valence-corrected chi connectivity index (χ0v) is 26.9. The zero-order valence-electron chi connectivity index (χ0n) is 23.4. The van der Waals surface area contributed by atoms with E-state index in [0.29, 0.717) is 17.0 Å². The summed E-state index contributed by atoms with van der Waals surface area (Å²) < 4.78 is 29.7. The highest BCUT2D eigenvalue weighted by Gasteiger charge is 2.66. The maximum atomic E-state index is 12.5. The molecule has 2 fully saturated rings. The van der Waals surface area contributed by atoms with Crippen LogP contribution < -0.4 is 5.56 Å². The molecule has 2 aliphatic heterocycles. The molecule has 0 amide bonds. The molecule has 0 spiro atoms. The first-order valence-corrected chi connectivity index (χ1v) is 18.1. The molecule has 2 aromatic heterocycles. The second-order valence-corrected chi connectivity index (χ2v) is 23.9. The van der Waals surface area contributed by atoms with Crippen LogP contribution in [0.1, 0.15) is 68.5 Å². The standard InChI is InChI=1S/C24H41BrN4O5Si2/c1-22(2,3)35(10,11)33-17-16-14(12-31-36(34-16,23(4,5)6)24(7,8)9)32-20(17)29-13-26-15-18(29)27-21(25)28-19(15)30/h13-14,16-17,20H,12H2,1-11H3,(H,27,28,30)/t14-,16?,17-,20-/m1/s1. The van der Waals surface area contributed by atoms with E-state index in [9.17, 15) is 4.79 Å². The lowest BCUT2D eigenvalue weighted by molar-refractivity contribution is -0.0795. The molecule has 4 heterocycles. The molecule has 0 aromatic carbocycles. The van der Waals surface area contributed by atoms with Crippen molar-refractivity contribution in [2.45, 2.75) is 115 Å². The molecule has 2 saturated heterocycles. The Morgan fingerprint density at radius 3 is 2.31 bits per heavy atom. The third-order valence-electron chi connectivity index (χ3n) is 7.93. The molecular weight excluding hydrogens is 560 g/mol. The number of nitrogens with one attached hydrogen (secondary N) is 1. The number of fused-ring (bicyclic) bond motifs is 2. The maximum absolute atomic E-state index is 12.5. The first kappa shape index (κ1) is 28.1. The highest BCUT2D eigenvalue weighted by molar-refractivity contribution is 9.10. The van der Waals surface area contributed by atoms with Crippen LogP contribution in [0, 0.1) is 0 Å². The second-order valence-electron chi connectivity index (χ2n) is 13.6. The average Bonchev–Trinajstić information content (AvgIpc) is 3.26. The fraction of sp³-hybridized carbons (Fsp3) is 0.792. The molecule has 0 saturated carbocycles. The highest BCUT2D eigenvalue weighted by Crippen LogP contribution is 2.56. The lowest BCUT2D eigenvalue weighted by Gasteiger charge is -2.54. The monoisotopic (exact) mass is 600 g/mol. The predicted octanol–water partition coefficient (Wildman–Crippen LogP) is 5.63. The highest BCUT2D eigenvalue weighted by atomic mass is 79.9. The number of H-pyrrole nitrogens is 1. The van der Waals surface area contributed by atoms with Crippen LogP contribution in [0.25, 0.3) is 11.2 Å². The van der Waals surface area contributed by atoms with Crippen molar-refractivity contribution >= 4 is 44.0 Å². The molecule has 2 aromatic rings. The van der Waals surface area contributed by atoms with Crippen molar-refractivity contribution in [3.63, 3.8) is 0 Å². The third-order valence-corrected chi connectivity index (χ3v) is 17.9. The topological polar surface area (TPSA) is 100 Å². The van der Waals surface area contributed by atoms with Gasteiger partial charge >= 0.3 is 8.56 Å². The van der Waals surface area contributed by atoms with Crippen LogP contribution in [0.5, 0.6) is 0 Å². The summed E-state index contributed by atoms with van der Waals surface area (Å²) in [5.74, 6) is 0. The van der Waals surface area contributed by atoms with Gasteiger partial charge in [0, 0.05) is 10.1 Å². The molecule has 0 bridgehead atoms. The fourth-order valence-electron chi connectivity index (χ4n) is 5.27. The number of ether oxygens (including phenoxy) is 1. The van der Waals surface area contributed by atoms with Crippen LogP contribution in [0.15, 0.2) is 15.9 Å². The van der Waals surface area contributed by atoms with Gasteiger partial charge in [-0.15, -0.1) is 0 Å². The predicted molar refractivity (Wildman–Crippen MR) is 148 cm³/mol. The quantitative estimate of drug-likeness (QED) is 0.360. The van der Waals surface area contributed by atoms with Gasteiger partial charge in [0.1, 0.15) is 18.3 Å². The SMILES string of the molecule is CC(C)(C)[Si](C)(C)O[C@@H]1C2O[Si](C(C)(C)C)(C(C)(C)C)OC[C@H]2O[C@H]1n1cnc2c(=O)[nH]c(Br)nc21. The van der Waals surface area contributed by atoms with Gasteiger partial charge in [-0.1, -0.05) is 62.3 Å². The summed E-state index contributed by atoms with van der Waals surface area (Å²) in [7, 11) is -5.01. The fourth-order valence-corrected chi connectivity index (χ4v) is 11.9. The molecule has 0 aliphatic carbocycles. The van der Waals surface area contributed by atoms with E-state index in [-0.39, 0.29) is 38.4 Å². The molecule has 0 radical (unpaired) electrons. The summed E-state index contributed by atoms with van der Waals surface area (Å²) in [4.78, 5) is 24.0. The van der Waals surface area contributed by atoms with Crippen molar-refractivity contribution in [2.24, 2.45) is 0 Å². The van der Waals surface area contributed by atoms with E-state index in [1.807, 2.05) is 4.57 Å². The Hall–Kier alpha value is -0.896. The average molecular weight is 602 g/mol. The molecule has 9 nitrogen and oxygen atoms in total. The number of imidazole rings is 1. The molecule has 36 heavy (non-hydrogen) atoms. The minimum Gasteiger partial charge on any atom is -0.407 e. The van der Waals surface area contributed by atoms with Crippen LogP contribution in [-0.4, -0.2) is 61.3 Å². The molecule has 1 N–H and O–H groups in total. The van der Waals surface area contributed by atoms with E-state index in [4.69, 9.17) is 18.0 Å². The Morgan fingerprint density at radius 2 is 1.75 bits per heavy atom. The van der Waals surface area contributed by atoms with Crippen molar-refractivity contribution < 1.29 is 18.0 Å². The van der Waals surface area contributed by atoms with Gasteiger partial charge in [-0.3, -0.25) is 14.3 Å². The minimum absolute atomic E-state index is 0.0151. The normalized spacial score (nSPS) is 27.4. The van der Waals surface area contributed by atoms with Crippen LogP contribution in [-0.2, 0) is 18.0 Å². The number of hydrogen-bond acceptors (Lipinski definition) is 7. The first-order valence-electron chi connectivity index (χ1n) is 12.6. The largest absolute Gasteiger partial charge is 0.407 e. The Labute approximate surface area is 224 Å². The summed E-state index contributed by atoms with van der Waals surface area (Å²) in [5.41, 5.74) is 0.386. The van der Waals surface area contributed by atoms with E-state index in [0.717, 1.165) is 0 Å². The molecule has 12 heteroatoms. The summed E-state index contributed by atoms with van der Waals surface area (Å²) in [6.07, 6.45) is 0.0220. The number of nitrogens with zero attached hydrogens (tertiary/aromatic N) is 3. The first-order chi connectivity index (χ1) is 16.3. The van der Waals surface area contributed by atoms with Gasteiger partial charge in [0.25, 0.3) is 5.56 Å². The number of hydrogen-bond donors (Lipinski definition) is 1. The van der Waals surface area contributed by atoms with Crippen LogP contribution >= 0.6 is 15.9 Å². The molecule has 2 aliphatic rings. The Balaban J connectivity index is 1.84. The Kier molecular flexibility index (Phi) is 6.89. The molecule has 4 atom stereocenters. The van der Waals surface area contributed by atoms with Crippen molar-refractivity contribution in [3.05, 3.63) is 21.4 Å².